The van der Waals surface area contributed by atoms with Crippen LogP contribution in [0.2, 0.25) is 0 Å². The average Bonchev–Trinajstić information content (AvgIpc) is 2.41. The van der Waals surface area contributed by atoms with Crippen molar-refractivity contribution in [2.75, 3.05) is 40.0 Å². The van der Waals surface area contributed by atoms with Crippen molar-refractivity contribution in [2.45, 2.75) is 6.61 Å². The van der Waals surface area contributed by atoms with E-state index in [1.807, 2.05) is 35.2 Å². The summed E-state index contributed by atoms with van der Waals surface area (Å²) in [7, 11) is 1.70. The smallest absolute Gasteiger partial charge is 0.317 e. The van der Waals surface area contributed by atoms with Gasteiger partial charge in [0.25, 0.3) is 0 Å². The first-order valence-corrected chi connectivity index (χ1v) is 6.27. The first kappa shape index (κ1) is 15.6. The number of carbonyl (C=O) groups is 1. The van der Waals surface area contributed by atoms with Crippen molar-refractivity contribution < 1.29 is 19.4 Å². The molecule has 0 aliphatic carbocycles. The van der Waals surface area contributed by atoms with Crippen molar-refractivity contribution in [3.63, 3.8) is 0 Å². The van der Waals surface area contributed by atoms with Crippen LogP contribution in [-0.2, 0) is 20.9 Å². The third-order valence-corrected chi connectivity index (χ3v) is 2.62. The standard InChI is InChI=1S/C8H10O.C6H11NO3/c1-9-7-8-5-3-2-4-6-8;8-6(9)5-7-1-3-10-4-2-7/h2-6H,7H2,1H3;1-5H2,(H,8,9). The second kappa shape index (κ2) is 9.49. The van der Waals surface area contributed by atoms with Gasteiger partial charge in [0.05, 0.1) is 26.4 Å². The number of carboxylic acid groups (broad SMARTS) is 1. The molecule has 0 amide bonds. The predicted octanol–water partition coefficient (Wildman–Crippen LogP) is 1.24. The summed E-state index contributed by atoms with van der Waals surface area (Å²) in [6, 6.07) is 10.1. The molecule has 0 spiro atoms. The number of morpholine rings is 1. The minimum absolute atomic E-state index is 0.142. The van der Waals surface area contributed by atoms with Gasteiger partial charge in [-0.15, -0.1) is 0 Å². The van der Waals surface area contributed by atoms with E-state index >= 15 is 0 Å². The Balaban J connectivity index is 0.000000191. The number of carboxylic acids is 1. The molecule has 0 unspecified atom stereocenters. The van der Waals surface area contributed by atoms with E-state index in [1.54, 1.807) is 7.11 Å². The van der Waals surface area contributed by atoms with E-state index in [2.05, 4.69) is 0 Å². The fourth-order valence-electron chi connectivity index (χ4n) is 1.69. The van der Waals surface area contributed by atoms with Crippen molar-refractivity contribution in [1.29, 1.82) is 0 Å². The molecule has 5 nitrogen and oxygen atoms in total. The van der Waals surface area contributed by atoms with Crippen molar-refractivity contribution in [1.82, 2.24) is 4.90 Å². The molecular formula is C14H21NO4. The Labute approximate surface area is 113 Å². The van der Waals surface area contributed by atoms with E-state index in [0.717, 1.165) is 13.1 Å². The van der Waals surface area contributed by atoms with Crippen molar-refractivity contribution >= 4 is 5.97 Å². The van der Waals surface area contributed by atoms with Crippen LogP contribution in [0.4, 0.5) is 0 Å². The number of hydrogen-bond donors (Lipinski definition) is 1. The summed E-state index contributed by atoms with van der Waals surface area (Å²) in [6.07, 6.45) is 0. The predicted molar refractivity (Wildman–Crippen MR) is 72.0 cm³/mol. The lowest BCUT2D eigenvalue weighted by Gasteiger charge is -2.24. The molecule has 0 radical (unpaired) electrons. The molecule has 2 rings (SSSR count). The molecule has 0 bridgehead atoms. The lowest BCUT2D eigenvalue weighted by atomic mass is 10.2. The molecule has 0 atom stereocenters. The lowest BCUT2D eigenvalue weighted by molar-refractivity contribution is -0.139. The molecule has 1 saturated heterocycles. The Kier molecular flexibility index (Phi) is 7.81. The van der Waals surface area contributed by atoms with Gasteiger partial charge < -0.3 is 14.6 Å². The van der Waals surface area contributed by atoms with E-state index in [1.165, 1.54) is 5.56 Å². The molecule has 19 heavy (non-hydrogen) atoms. The van der Waals surface area contributed by atoms with Gasteiger partial charge in [0.1, 0.15) is 0 Å². The molecule has 0 saturated carbocycles. The topological polar surface area (TPSA) is 59.0 Å². The van der Waals surface area contributed by atoms with E-state index in [9.17, 15) is 4.79 Å². The lowest BCUT2D eigenvalue weighted by Crippen LogP contribution is -2.39. The molecule has 1 fully saturated rings. The number of benzene rings is 1. The van der Waals surface area contributed by atoms with E-state index in [-0.39, 0.29) is 6.54 Å². The highest BCUT2D eigenvalue weighted by Crippen LogP contribution is 1.98. The molecule has 5 heteroatoms. The highest BCUT2D eigenvalue weighted by atomic mass is 16.5. The zero-order valence-electron chi connectivity index (χ0n) is 11.2. The fourth-order valence-corrected chi connectivity index (χ4v) is 1.69. The Hall–Kier alpha value is -1.43. The van der Waals surface area contributed by atoms with Crippen LogP contribution >= 0.6 is 0 Å². The van der Waals surface area contributed by atoms with Crippen LogP contribution in [0.1, 0.15) is 5.56 Å². The van der Waals surface area contributed by atoms with Gasteiger partial charge in [0.15, 0.2) is 0 Å². The van der Waals surface area contributed by atoms with Crippen LogP contribution < -0.4 is 0 Å². The molecule has 1 N–H and O–H groups in total. The number of nitrogens with zero attached hydrogens (tertiary/aromatic N) is 1. The van der Waals surface area contributed by atoms with Gasteiger partial charge in [0.2, 0.25) is 0 Å². The maximum Gasteiger partial charge on any atom is 0.317 e. The van der Waals surface area contributed by atoms with Crippen LogP contribution in [-0.4, -0.2) is 55.9 Å². The highest BCUT2D eigenvalue weighted by molar-refractivity contribution is 5.69. The molecular weight excluding hydrogens is 246 g/mol. The molecule has 1 aromatic carbocycles. The first-order chi connectivity index (χ1) is 9.22. The van der Waals surface area contributed by atoms with Gasteiger partial charge in [-0.05, 0) is 5.56 Å². The molecule has 1 heterocycles. The normalized spacial score (nSPS) is 15.4. The van der Waals surface area contributed by atoms with Crippen molar-refractivity contribution in [2.24, 2.45) is 0 Å². The number of rotatable bonds is 4. The minimum atomic E-state index is -0.762. The molecule has 1 aliphatic rings. The molecule has 0 aromatic heterocycles. The Morgan fingerprint density at radius 1 is 1.32 bits per heavy atom. The minimum Gasteiger partial charge on any atom is -0.480 e. The number of aliphatic carboxylic acids is 1. The summed E-state index contributed by atoms with van der Waals surface area (Å²) in [4.78, 5) is 12.1. The maximum atomic E-state index is 10.2. The number of methoxy groups -OCH3 is 1. The zero-order chi connectivity index (χ0) is 13.9. The van der Waals surface area contributed by atoms with Gasteiger partial charge in [-0.3, -0.25) is 9.69 Å². The SMILES string of the molecule is COCc1ccccc1.O=C(O)CN1CCOCC1. The number of hydrogen-bond acceptors (Lipinski definition) is 4. The van der Waals surface area contributed by atoms with Crippen LogP contribution in [0.25, 0.3) is 0 Å². The van der Waals surface area contributed by atoms with E-state index < -0.39 is 5.97 Å². The maximum absolute atomic E-state index is 10.2. The van der Waals surface area contributed by atoms with Crippen LogP contribution in [0.3, 0.4) is 0 Å². The van der Waals surface area contributed by atoms with Crippen LogP contribution in [0, 0.1) is 0 Å². The highest BCUT2D eigenvalue weighted by Gasteiger charge is 2.12. The van der Waals surface area contributed by atoms with E-state index in [4.69, 9.17) is 14.6 Å². The third kappa shape index (κ3) is 7.56. The van der Waals surface area contributed by atoms with Crippen molar-refractivity contribution in [3.8, 4) is 0 Å². The summed E-state index contributed by atoms with van der Waals surface area (Å²) < 4.78 is 9.97. The Bertz CT molecular complexity index is 350. The summed E-state index contributed by atoms with van der Waals surface area (Å²) in [6.45, 7) is 3.66. The van der Waals surface area contributed by atoms with Gasteiger partial charge >= 0.3 is 5.97 Å². The van der Waals surface area contributed by atoms with Crippen molar-refractivity contribution in [3.05, 3.63) is 35.9 Å². The second-order valence-corrected chi connectivity index (χ2v) is 4.20. The van der Waals surface area contributed by atoms with Gasteiger partial charge in [-0.1, -0.05) is 30.3 Å². The average molecular weight is 267 g/mol. The monoisotopic (exact) mass is 267 g/mol. The Morgan fingerprint density at radius 3 is 2.47 bits per heavy atom. The molecule has 1 aromatic rings. The summed E-state index contributed by atoms with van der Waals surface area (Å²) in [5, 5.41) is 8.38. The summed E-state index contributed by atoms with van der Waals surface area (Å²) in [5.41, 5.74) is 1.22. The Morgan fingerprint density at radius 2 is 1.95 bits per heavy atom. The van der Waals surface area contributed by atoms with Gasteiger partial charge in [-0.2, -0.15) is 0 Å². The zero-order valence-corrected chi connectivity index (χ0v) is 11.2. The largest absolute Gasteiger partial charge is 0.480 e. The molecule has 106 valence electrons. The molecule has 1 aliphatic heterocycles. The fraction of sp³-hybridized carbons (Fsp3) is 0.500. The van der Waals surface area contributed by atoms with Crippen LogP contribution in [0.15, 0.2) is 30.3 Å². The first-order valence-electron chi connectivity index (χ1n) is 6.27. The van der Waals surface area contributed by atoms with Gasteiger partial charge in [-0.25, -0.2) is 0 Å². The third-order valence-electron chi connectivity index (χ3n) is 2.62. The van der Waals surface area contributed by atoms with Gasteiger partial charge in [0, 0.05) is 20.2 Å². The van der Waals surface area contributed by atoms with Crippen LogP contribution in [0.5, 0.6) is 0 Å². The quantitative estimate of drug-likeness (QED) is 0.889. The number of ether oxygens (including phenoxy) is 2. The summed E-state index contributed by atoms with van der Waals surface area (Å²) in [5.74, 6) is -0.762. The second-order valence-electron chi connectivity index (χ2n) is 4.20. The summed E-state index contributed by atoms with van der Waals surface area (Å²) >= 11 is 0. The van der Waals surface area contributed by atoms with E-state index in [0.29, 0.717) is 19.8 Å².